The van der Waals surface area contributed by atoms with Crippen LogP contribution < -0.4 is 5.32 Å². The fourth-order valence-corrected chi connectivity index (χ4v) is 2.11. The summed E-state index contributed by atoms with van der Waals surface area (Å²) in [4.78, 5) is 3.95. The third-order valence-corrected chi connectivity index (χ3v) is 2.96. The van der Waals surface area contributed by atoms with Crippen LogP contribution in [0.1, 0.15) is 32.1 Å². The van der Waals surface area contributed by atoms with Crippen molar-refractivity contribution < 1.29 is 4.39 Å². The van der Waals surface area contributed by atoms with E-state index in [1.165, 1.54) is 31.5 Å². The minimum atomic E-state index is -0.368. The van der Waals surface area contributed by atoms with Crippen LogP contribution in [-0.2, 0) is 0 Å². The fraction of sp³-hybridized carbons (Fsp3) is 0.545. The SMILES string of the molecule is Fc1cc(Cl)cnc1NC1CCCCC1. The quantitative estimate of drug-likeness (QED) is 0.836. The first-order valence-electron chi connectivity index (χ1n) is 5.33. The predicted molar refractivity (Wildman–Crippen MR) is 59.7 cm³/mol. The Kier molecular flexibility index (Phi) is 3.41. The fourth-order valence-electron chi connectivity index (χ4n) is 1.96. The molecule has 0 amide bonds. The lowest BCUT2D eigenvalue weighted by atomic mass is 9.95. The topological polar surface area (TPSA) is 24.9 Å². The molecule has 0 aromatic carbocycles. The Bertz CT molecular complexity index is 337. The van der Waals surface area contributed by atoms with Crippen molar-refractivity contribution in [1.82, 2.24) is 4.98 Å². The van der Waals surface area contributed by atoms with Gasteiger partial charge in [-0.2, -0.15) is 0 Å². The highest BCUT2D eigenvalue weighted by Gasteiger charge is 2.15. The second-order valence-electron chi connectivity index (χ2n) is 3.96. The van der Waals surface area contributed by atoms with Gasteiger partial charge in [0.1, 0.15) is 0 Å². The van der Waals surface area contributed by atoms with Crippen LogP contribution in [0.5, 0.6) is 0 Å². The molecule has 1 aliphatic carbocycles. The standard InChI is InChI=1S/C11H14ClFN2/c12-8-6-10(13)11(14-7-8)15-9-4-2-1-3-5-9/h6-7,9H,1-5H2,(H,14,15). The molecule has 1 heterocycles. The Labute approximate surface area is 93.9 Å². The Morgan fingerprint density at radius 2 is 2.07 bits per heavy atom. The van der Waals surface area contributed by atoms with E-state index in [-0.39, 0.29) is 5.82 Å². The van der Waals surface area contributed by atoms with Crippen LogP contribution in [0.3, 0.4) is 0 Å². The first-order valence-corrected chi connectivity index (χ1v) is 5.71. The highest BCUT2D eigenvalue weighted by atomic mass is 35.5. The first-order chi connectivity index (χ1) is 7.25. The predicted octanol–water partition coefficient (Wildman–Crippen LogP) is 3.62. The van der Waals surface area contributed by atoms with E-state index in [4.69, 9.17) is 11.6 Å². The summed E-state index contributed by atoms with van der Waals surface area (Å²) in [5.41, 5.74) is 0. The summed E-state index contributed by atoms with van der Waals surface area (Å²) >= 11 is 5.63. The van der Waals surface area contributed by atoms with Gasteiger partial charge < -0.3 is 5.32 Å². The minimum absolute atomic E-state index is 0.325. The molecular formula is C11H14ClFN2. The Balaban J connectivity index is 2.03. The summed E-state index contributed by atoms with van der Waals surface area (Å²) < 4.78 is 13.4. The van der Waals surface area contributed by atoms with E-state index < -0.39 is 0 Å². The maximum atomic E-state index is 13.4. The lowest BCUT2D eigenvalue weighted by Crippen LogP contribution is -2.23. The monoisotopic (exact) mass is 228 g/mol. The molecule has 0 unspecified atom stereocenters. The zero-order chi connectivity index (χ0) is 10.7. The molecule has 1 aromatic heterocycles. The lowest BCUT2D eigenvalue weighted by Gasteiger charge is -2.23. The van der Waals surface area contributed by atoms with E-state index in [1.807, 2.05) is 0 Å². The third kappa shape index (κ3) is 2.81. The number of anilines is 1. The Morgan fingerprint density at radius 3 is 2.73 bits per heavy atom. The Hall–Kier alpha value is -0.830. The summed E-state index contributed by atoms with van der Waals surface area (Å²) in [5.74, 6) is -0.0422. The van der Waals surface area contributed by atoms with E-state index in [0.29, 0.717) is 16.9 Å². The van der Waals surface area contributed by atoms with Crippen LogP contribution in [0.4, 0.5) is 10.2 Å². The van der Waals surface area contributed by atoms with Gasteiger partial charge in [0.15, 0.2) is 11.6 Å². The number of aromatic nitrogens is 1. The van der Waals surface area contributed by atoms with Crippen molar-refractivity contribution in [1.29, 1.82) is 0 Å². The van der Waals surface area contributed by atoms with Crippen molar-refractivity contribution in [2.45, 2.75) is 38.1 Å². The Morgan fingerprint density at radius 1 is 1.33 bits per heavy atom. The smallest absolute Gasteiger partial charge is 0.166 e. The van der Waals surface area contributed by atoms with Crippen LogP contribution in [-0.4, -0.2) is 11.0 Å². The van der Waals surface area contributed by atoms with Gasteiger partial charge in [-0.25, -0.2) is 9.37 Å². The van der Waals surface area contributed by atoms with Gasteiger partial charge in [-0.05, 0) is 18.9 Å². The number of hydrogen-bond acceptors (Lipinski definition) is 2. The lowest BCUT2D eigenvalue weighted by molar-refractivity contribution is 0.459. The summed E-state index contributed by atoms with van der Waals surface area (Å²) in [6.45, 7) is 0. The van der Waals surface area contributed by atoms with Gasteiger partial charge in [0.2, 0.25) is 0 Å². The molecule has 2 nitrogen and oxygen atoms in total. The number of rotatable bonds is 2. The summed E-state index contributed by atoms with van der Waals surface area (Å²) in [6.07, 6.45) is 7.39. The van der Waals surface area contributed by atoms with Gasteiger partial charge in [-0.1, -0.05) is 30.9 Å². The van der Waals surface area contributed by atoms with Crippen LogP contribution in [0.15, 0.2) is 12.3 Å². The summed E-state index contributed by atoms with van der Waals surface area (Å²) in [7, 11) is 0. The number of halogens is 2. The normalized spacial score (nSPS) is 17.7. The molecule has 1 saturated carbocycles. The van der Waals surface area contributed by atoms with Crippen molar-refractivity contribution in [2.24, 2.45) is 0 Å². The van der Waals surface area contributed by atoms with E-state index in [0.717, 1.165) is 12.8 Å². The zero-order valence-corrected chi connectivity index (χ0v) is 9.23. The molecule has 1 N–H and O–H groups in total. The van der Waals surface area contributed by atoms with Crippen LogP contribution in [0.2, 0.25) is 5.02 Å². The average molecular weight is 229 g/mol. The van der Waals surface area contributed by atoms with Crippen molar-refractivity contribution in [2.75, 3.05) is 5.32 Å². The van der Waals surface area contributed by atoms with Crippen LogP contribution in [0, 0.1) is 5.82 Å². The first kappa shape index (κ1) is 10.7. The van der Waals surface area contributed by atoms with E-state index in [2.05, 4.69) is 10.3 Å². The van der Waals surface area contributed by atoms with Crippen molar-refractivity contribution in [3.8, 4) is 0 Å². The van der Waals surface area contributed by atoms with Gasteiger partial charge in [-0.3, -0.25) is 0 Å². The van der Waals surface area contributed by atoms with Crippen molar-refractivity contribution in [3.63, 3.8) is 0 Å². The molecule has 0 atom stereocenters. The average Bonchev–Trinajstić information content (AvgIpc) is 2.24. The maximum absolute atomic E-state index is 13.4. The van der Waals surface area contributed by atoms with Gasteiger partial charge in [0.25, 0.3) is 0 Å². The molecule has 15 heavy (non-hydrogen) atoms. The highest BCUT2D eigenvalue weighted by Crippen LogP contribution is 2.22. The highest BCUT2D eigenvalue weighted by molar-refractivity contribution is 6.30. The summed E-state index contributed by atoms with van der Waals surface area (Å²) in [6, 6.07) is 1.65. The van der Waals surface area contributed by atoms with Gasteiger partial charge in [0.05, 0.1) is 5.02 Å². The molecule has 82 valence electrons. The second-order valence-corrected chi connectivity index (χ2v) is 4.40. The molecule has 0 bridgehead atoms. The molecular weight excluding hydrogens is 215 g/mol. The molecule has 0 spiro atoms. The maximum Gasteiger partial charge on any atom is 0.166 e. The van der Waals surface area contributed by atoms with Gasteiger partial charge in [0, 0.05) is 12.2 Å². The molecule has 0 aliphatic heterocycles. The van der Waals surface area contributed by atoms with Gasteiger partial charge >= 0.3 is 0 Å². The number of nitrogens with one attached hydrogen (secondary N) is 1. The summed E-state index contributed by atoms with van der Waals surface area (Å²) in [5, 5.41) is 3.47. The van der Waals surface area contributed by atoms with Crippen molar-refractivity contribution >= 4 is 17.4 Å². The molecule has 1 aliphatic rings. The number of nitrogens with zero attached hydrogens (tertiary/aromatic N) is 1. The minimum Gasteiger partial charge on any atom is -0.365 e. The van der Waals surface area contributed by atoms with E-state index in [1.54, 1.807) is 0 Å². The van der Waals surface area contributed by atoms with Crippen LogP contribution >= 0.6 is 11.6 Å². The van der Waals surface area contributed by atoms with E-state index >= 15 is 0 Å². The third-order valence-electron chi connectivity index (χ3n) is 2.75. The molecule has 1 aromatic rings. The van der Waals surface area contributed by atoms with Crippen LogP contribution in [0.25, 0.3) is 0 Å². The second kappa shape index (κ2) is 4.79. The number of hydrogen-bond donors (Lipinski definition) is 1. The molecule has 1 fully saturated rings. The molecule has 4 heteroatoms. The van der Waals surface area contributed by atoms with Gasteiger partial charge in [-0.15, -0.1) is 0 Å². The zero-order valence-electron chi connectivity index (χ0n) is 8.47. The van der Waals surface area contributed by atoms with Crippen molar-refractivity contribution in [3.05, 3.63) is 23.1 Å². The molecule has 0 radical (unpaired) electrons. The largest absolute Gasteiger partial charge is 0.365 e. The molecule has 0 saturated heterocycles. The molecule has 2 rings (SSSR count). The number of pyridine rings is 1. The van der Waals surface area contributed by atoms with E-state index in [9.17, 15) is 4.39 Å².